The van der Waals surface area contributed by atoms with Crippen LogP contribution in [0, 0.1) is 6.92 Å². The van der Waals surface area contributed by atoms with Crippen molar-refractivity contribution in [2.75, 3.05) is 5.32 Å². The lowest BCUT2D eigenvalue weighted by atomic mass is 9.99. The average Bonchev–Trinajstić information content (AvgIpc) is 2.98. The van der Waals surface area contributed by atoms with Gasteiger partial charge in [0, 0.05) is 27.4 Å². The lowest BCUT2D eigenvalue weighted by Crippen LogP contribution is -2.05. The van der Waals surface area contributed by atoms with Crippen LogP contribution in [-0.2, 0) is 16.1 Å². The minimum atomic E-state index is -0.142. The molecule has 0 fully saturated rings. The molecule has 2 heterocycles. The van der Waals surface area contributed by atoms with Gasteiger partial charge in [0.05, 0.1) is 5.57 Å². The fraction of sp³-hybridized carbons (Fsp3) is 0.118. The Bertz CT molecular complexity index is 824. The minimum absolute atomic E-state index is 0.142. The number of rotatable bonds is 0. The van der Waals surface area contributed by atoms with E-state index in [-0.39, 0.29) is 5.91 Å². The predicted octanol–water partition coefficient (Wildman–Crippen LogP) is 4.00. The SMILES string of the molecule is Cc1ccc2c(c1)/C(=C1\C(=O)Nc3ccc(Cl)cc31)OC2. The molecule has 0 unspecified atom stereocenters. The maximum absolute atomic E-state index is 12.3. The van der Waals surface area contributed by atoms with Crippen molar-refractivity contribution >= 4 is 34.5 Å². The number of hydrogen-bond donors (Lipinski definition) is 1. The largest absolute Gasteiger partial charge is 0.487 e. The van der Waals surface area contributed by atoms with Crippen LogP contribution in [0.15, 0.2) is 36.4 Å². The second-order valence-electron chi connectivity index (χ2n) is 5.30. The van der Waals surface area contributed by atoms with Gasteiger partial charge in [-0.15, -0.1) is 0 Å². The molecule has 2 aromatic rings. The van der Waals surface area contributed by atoms with Crippen molar-refractivity contribution in [2.45, 2.75) is 13.5 Å². The number of aryl methyl sites for hydroxylation is 1. The first-order valence-electron chi connectivity index (χ1n) is 6.72. The van der Waals surface area contributed by atoms with E-state index in [9.17, 15) is 4.79 Å². The van der Waals surface area contributed by atoms with Gasteiger partial charge in [-0.2, -0.15) is 0 Å². The molecule has 0 atom stereocenters. The summed E-state index contributed by atoms with van der Waals surface area (Å²) in [6.45, 7) is 2.53. The van der Waals surface area contributed by atoms with Crippen LogP contribution in [0.3, 0.4) is 0 Å². The Labute approximate surface area is 127 Å². The van der Waals surface area contributed by atoms with Crippen LogP contribution in [0.2, 0.25) is 5.02 Å². The first-order chi connectivity index (χ1) is 10.1. The third kappa shape index (κ3) is 1.85. The van der Waals surface area contributed by atoms with Crippen LogP contribution in [0.4, 0.5) is 5.69 Å². The zero-order valence-electron chi connectivity index (χ0n) is 11.4. The normalized spacial score (nSPS) is 19.0. The molecule has 0 spiro atoms. The molecule has 0 saturated carbocycles. The molecule has 2 aliphatic heterocycles. The van der Waals surface area contributed by atoms with Crippen molar-refractivity contribution < 1.29 is 9.53 Å². The van der Waals surface area contributed by atoms with Crippen molar-refractivity contribution in [3.8, 4) is 0 Å². The van der Waals surface area contributed by atoms with Crippen molar-refractivity contribution in [3.05, 3.63) is 63.7 Å². The fourth-order valence-corrected chi connectivity index (χ4v) is 3.00. The summed E-state index contributed by atoms with van der Waals surface area (Å²) < 4.78 is 5.81. The Hall–Kier alpha value is -2.26. The summed E-state index contributed by atoms with van der Waals surface area (Å²) >= 11 is 6.07. The summed E-state index contributed by atoms with van der Waals surface area (Å²) in [6, 6.07) is 11.5. The molecule has 2 aliphatic rings. The molecule has 0 saturated heterocycles. The van der Waals surface area contributed by atoms with E-state index < -0.39 is 0 Å². The van der Waals surface area contributed by atoms with Crippen LogP contribution in [-0.4, -0.2) is 5.91 Å². The van der Waals surface area contributed by atoms with Crippen LogP contribution < -0.4 is 5.32 Å². The van der Waals surface area contributed by atoms with Crippen LogP contribution in [0.25, 0.3) is 11.3 Å². The highest BCUT2D eigenvalue weighted by atomic mass is 35.5. The standard InChI is InChI=1S/C17H12ClNO2/c1-9-2-3-10-8-21-16(12(10)6-9)15-13-7-11(18)4-5-14(13)19-17(15)20/h2-7H,8H2,1H3,(H,19,20)/b16-15+. The van der Waals surface area contributed by atoms with Gasteiger partial charge >= 0.3 is 0 Å². The number of benzene rings is 2. The summed E-state index contributed by atoms with van der Waals surface area (Å²) in [6.07, 6.45) is 0. The zero-order valence-corrected chi connectivity index (χ0v) is 12.1. The second kappa shape index (κ2) is 4.37. The minimum Gasteiger partial charge on any atom is -0.487 e. The molecule has 0 bridgehead atoms. The van der Waals surface area contributed by atoms with Crippen molar-refractivity contribution in [2.24, 2.45) is 0 Å². The highest BCUT2D eigenvalue weighted by Gasteiger charge is 2.32. The average molecular weight is 298 g/mol. The van der Waals surface area contributed by atoms with Gasteiger partial charge in [-0.1, -0.05) is 29.3 Å². The summed E-state index contributed by atoms with van der Waals surface area (Å²) in [5.74, 6) is 0.504. The number of carbonyl (C=O) groups is 1. The van der Waals surface area contributed by atoms with Gasteiger partial charge in [-0.25, -0.2) is 0 Å². The van der Waals surface area contributed by atoms with Crippen molar-refractivity contribution in [3.63, 3.8) is 0 Å². The van der Waals surface area contributed by atoms with Gasteiger partial charge in [-0.05, 0) is 31.2 Å². The molecule has 21 heavy (non-hydrogen) atoms. The lowest BCUT2D eigenvalue weighted by molar-refractivity contribution is -0.110. The number of ether oxygens (including phenoxy) is 1. The van der Waals surface area contributed by atoms with E-state index in [0.29, 0.717) is 23.0 Å². The zero-order chi connectivity index (χ0) is 14.6. The van der Waals surface area contributed by atoms with Crippen molar-refractivity contribution in [1.29, 1.82) is 0 Å². The molecule has 2 aromatic carbocycles. The molecule has 4 heteroatoms. The Morgan fingerprint density at radius 1 is 1.14 bits per heavy atom. The Morgan fingerprint density at radius 3 is 2.86 bits per heavy atom. The molecule has 1 amide bonds. The predicted molar refractivity (Wildman–Crippen MR) is 82.9 cm³/mol. The maximum Gasteiger partial charge on any atom is 0.260 e. The van der Waals surface area contributed by atoms with Gasteiger partial charge in [0.15, 0.2) is 0 Å². The summed E-state index contributed by atoms with van der Waals surface area (Å²) in [7, 11) is 0. The summed E-state index contributed by atoms with van der Waals surface area (Å²) in [5, 5.41) is 3.46. The third-order valence-electron chi connectivity index (χ3n) is 3.84. The van der Waals surface area contributed by atoms with Crippen LogP contribution >= 0.6 is 11.6 Å². The lowest BCUT2D eigenvalue weighted by Gasteiger charge is -2.05. The van der Waals surface area contributed by atoms with E-state index >= 15 is 0 Å². The van der Waals surface area contributed by atoms with Gasteiger partial charge in [0.2, 0.25) is 0 Å². The number of fused-ring (bicyclic) bond motifs is 2. The van der Waals surface area contributed by atoms with Gasteiger partial charge in [0.25, 0.3) is 5.91 Å². The molecular weight excluding hydrogens is 286 g/mol. The van der Waals surface area contributed by atoms with E-state index in [4.69, 9.17) is 16.3 Å². The number of hydrogen-bond acceptors (Lipinski definition) is 2. The first-order valence-corrected chi connectivity index (χ1v) is 7.09. The van der Waals surface area contributed by atoms with Crippen LogP contribution in [0.5, 0.6) is 0 Å². The van der Waals surface area contributed by atoms with Gasteiger partial charge in [-0.3, -0.25) is 4.79 Å². The molecular formula is C17H12ClNO2. The van der Waals surface area contributed by atoms with Crippen LogP contribution in [0.1, 0.15) is 22.3 Å². The number of carbonyl (C=O) groups excluding carboxylic acids is 1. The maximum atomic E-state index is 12.3. The van der Waals surface area contributed by atoms with E-state index in [0.717, 1.165) is 27.9 Å². The van der Waals surface area contributed by atoms with Gasteiger partial charge in [0.1, 0.15) is 12.4 Å². The van der Waals surface area contributed by atoms with Crippen molar-refractivity contribution in [1.82, 2.24) is 0 Å². The third-order valence-corrected chi connectivity index (χ3v) is 4.07. The molecule has 1 N–H and O–H groups in total. The second-order valence-corrected chi connectivity index (χ2v) is 5.73. The summed E-state index contributed by atoms with van der Waals surface area (Å²) in [5.41, 5.74) is 5.38. The number of halogens is 1. The number of amides is 1. The highest BCUT2D eigenvalue weighted by Crippen LogP contribution is 2.42. The molecule has 0 aromatic heterocycles. The molecule has 0 aliphatic carbocycles. The number of anilines is 1. The smallest absolute Gasteiger partial charge is 0.260 e. The number of nitrogens with one attached hydrogen (secondary N) is 1. The van der Waals surface area contributed by atoms with E-state index in [1.165, 1.54) is 0 Å². The molecule has 0 radical (unpaired) electrons. The molecule has 3 nitrogen and oxygen atoms in total. The highest BCUT2D eigenvalue weighted by molar-refractivity contribution is 6.37. The Morgan fingerprint density at radius 2 is 2.00 bits per heavy atom. The molecule has 4 rings (SSSR count). The first kappa shape index (κ1) is 12.5. The van der Waals surface area contributed by atoms with E-state index in [1.807, 2.05) is 19.1 Å². The summed E-state index contributed by atoms with van der Waals surface area (Å²) in [4.78, 5) is 12.3. The van der Waals surface area contributed by atoms with E-state index in [1.54, 1.807) is 12.1 Å². The quantitative estimate of drug-likeness (QED) is 0.746. The van der Waals surface area contributed by atoms with Gasteiger partial charge < -0.3 is 10.1 Å². The molecule has 104 valence electrons. The fourth-order valence-electron chi connectivity index (χ4n) is 2.83. The monoisotopic (exact) mass is 297 g/mol. The Balaban J connectivity index is 1.98. The van der Waals surface area contributed by atoms with E-state index in [2.05, 4.69) is 17.4 Å². The Kier molecular flexibility index (Phi) is 2.59. The topological polar surface area (TPSA) is 38.3 Å².